The molecule has 0 bridgehead atoms. The van der Waals surface area contributed by atoms with Crippen molar-refractivity contribution in [3.63, 3.8) is 0 Å². The van der Waals surface area contributed by atoms with Crippen molar-refractivity contribution >= 4 is 28.3 Å². The number of carbonyl (C=O) groups is 1. The van der Waals surface area contributed by atoms with Gasteiger partial charge in [0.25, 0.3) is 0 Å². The highest BCUT2D eigenvalue weighted by Gasteiger charge is 2.21. The summed E-state index contributed by atoms with van der Waals surface area (Å²) >= 11 is 0. The van der Waals surface area contributed by atoms with E-state index in [2.05, 4.69) is 53.7 Å². The van der Waals surface area contributed by atoms with Crippen molar-refractivity contribution in [3.05, 3.63) is 57.6 Å². The largest absolute Gasteiger partial charge is 0.371 e. The summed E-state index contributed by atoms with van der Waals surface area (Å²) in [6.07, 6.45) is 0. The Morgan fingerprint density at radius 1 is 1.09 bits per heavy atom. The van der Waals surface area contributed by atoms with Gasteiger partial charge in [-0.2, -0.15) is 0 Å². The molecule has 170 valence electrons. The standard InChI is InChI=1S/C22H28N6O4/c1-15(2)17-7-5-16(6-8-17)13-23-14-20(29)27(4)12-11-26(3)18-9-10-19(28(30)31)22-21(18)24-32-25-22/h5-10,15,23H,11-14H2,1-4H3. The molecule has 0 atom stereocenters. The van der Waals surface area contributed by atoms with Crippen molar-refractivity contribution in [1.82, 2.24) is 20.5 Å². The average molecular weight is 441 g/mol. The Kier molecular flexibility index (Phi) is 7.37. The van der Waals surface area contributed by atoms with Crippen molar-refractivity contribution in [2.24, 2.45) is 0 Å². The van der Waals surface area contributed by atoms with Gasteiger partial charge in [0, 0.05) is 39.8 Å². The first-order valence-electron chi connectivity index (χ1n) is 10.4. The van der Waals surface area contributed by atoms with Gasteiger partial charge in [-0.3, -0.25) is 14.9 Å². The number of hydrogen-bond acceptors (Lipinski definition) is 8. The van der Waals surface area contributed by atoms with Crippen molar-refractivity contribution in [2.45, 2.75) is 26.3 Å². The highest BCUT2D eigenvalue weighted by molar-refractivity contribution is 5.93. The minimum absolute atomic E-state index is 0.0193. The highest BCUT2D eigenvalue weighted by atomic mass is 16.6. The quantitative estimate of drug-likeness (QED) is 0.378. The molecular weight excluding hydrogens is 412 g/mol. The molecular formula is C22H28N6O4. The monoisotopic (exact) mass is 440 g/mol. The number of amides is 1. The second-order valence-corrected chi connectivity index (χ2v) is 8.06. The Morgan fingerprint density at radius 3 is 2.44 bits per heavy atom. The first-order chi connectivity index (χ1) is 15.3. The lowest BCUT2D eigenvalue weighted by Crippen LogP contribution is -2.39. The summed E-state index contributed by atoms with van der Waals surface area (Å²) in [6.45, 7) is 6.17. The Bertz CT molecular complexity index is 1080. The van der Waals surface area contributed by atoms with Crippen LogP contribution in [0.3, 0.4) is 0 Å². The molecule has 0 radical (unpaired) electrons. The first-order valence-corrected chi connectivity index (χ1v) is 10.4. The number of carbonyl (C=O) groups excluding carboxylic acids is 1. The molecule has 3 rings (SSSR count). The van der Waals surface area contributed by atoms with Crippen LogP contribution in [0.15, 0.2) is 41.0 Å². The van der Waals surface area contributed by atoms with Crippen molar-refractivity contribution in [2.75, 3.05) is 38.6 Å². The van der Waals surface area contributed by atoms with Gasteiger partial charge in [0.1, 0.15) is 0 Å². The van der Waals surface area contributed by atoms with E-state index in [1.807, 2.05) is 11.9 Å². The van der Waals surface area contributed by atoms with E-state index < -0.39 is 4.92 Å². The summed E-state index contributed by atoms with van der Waals surface area (Å²) in [5.41, 5.74) is 3.34. The average Bonchev–Trinajstić information content (AvgIpc) is 3.26. The van der Waals surface area contributed by atoms with E-state index >= 15 is 0 Å². The van der Waals surface area contributed by atoms with E-state index in [-0.39, 0.29) is 23.7 Å². The van der Waals surface area contributed by atoms with Crippen LogP contribution < -0.4 is 10.2 Å². The van der Waals surface area contributed by atoms with Crippen LogP contribution >= 0.6 is 0 Å². The lowest BCUT2D eigenvalue weighted by atomic mass is 10.0. The van der Waals surface area contributed by atoms with Gasteiger partial charge in [-0.25, -0.2) is 4.63 Å². The van der Waals surface area contributed by atoms with Crippen LogP contribution in [0.1, 0.15) is 30.9 Å². The molecule has 32 heavy (non-hydrogen) atoms. The predicted octanol–water partition coefficient (Wildman–Crippen LogP) is 2.94. The molecule has 2 aromatic carbocycles. The third-order valence-electron chi connectivity index (χ3n) is 5.43. The molecule has 0 aliphatic heterocycles. The third-order valence-corrected chi connectivity index (χ3v) is 5.43. The van der Waals surface area contributed by atoms with E-state index in [1.165, 1.54) is 11.6 Å². The number of nitro benzene ring substituents is 1. The number of nitrogens with one attached hydrogen (secondary N) is 1. The molecule has 3 aromatic rings. The minimum Gasteiger partial charge on any atom is -0.371 e. The number of fused-ring (bicyclic) bond motifs is 1. The normalized spacial score (nSPS) is 11.2. The summed E-state index contributed by atoms with van der Waals surface area (Å²) in [5.74, 6) is 0.474. The van der Waals surface area contributed by atoms with Gasteiger partial charge in [-0.1, -0.05) is 38.1 Å². The van der Waals surface area contributed by atoms with Crippen molar-refractivity contribution in [1.29, 1.82) is 0 Å². The van der Waals surface area contributed by atoms with Gasteiger partial charge < -0.3 is 15.1 Å². The number of nitro groups is 1. The number of anilines is 1. The number of hydrogen-bond donors (Lipinski definition) is 1. The fourth-order valence-corrected chi connectivity index (χ4v) is 3.31. The lowest BCUT2D eigenvalue weighted by molar-refractivity contribution is -0.383. The zero-order valence-corrected chi connectivity index (χ0v) is 18.7. The SMILES string of the molecule is CC(C)c1ccc(CNCC(=O)N(C)CCN(C)c2ccc([N+](=O)[O-])c3nonc23)cc1. The number of aromatic nitrogens is 2. The second-order valence-electron chi connectivity index (χ2n) is 8.06. The number of rotatable bonds is 10. The van der Waals surface area contributed by atoms with Gasteiger partial charge in [0.2, 0.25) is 11.4 Å². The summed E-state index contributed by atoms with van der Waals surface area (Å²) in [6, 6.07) is 11.4. The molecule has 0 fully saturated rings. The van der Waals surface area contributed by atoms with Crippen LogP contribution in [0.4, 0.5) is 11.4 Å². The fraction of sp³-hybridized carbons (Fsp3) is 0.409. The highest BCUT2D eigenvalue weighted by Crippen LogP contribution is 2.30. The molecule has 1 heterocycles. The van der Waals surface area contributed by atoms with Gasteiger partial charge in [0.05, 0.1) is 17.2 Å². The lowest BCUT2D eigenvalue weighted by Gasteiger charge is -2.24. The molecule has 10 nitrogen and oxygen atoms in total. The molecule has 10 heteroatoms. The fourth-order valence-electron chi connectivity index (χ4n) is 3.31. The van der Waals surface area contributed by atoms with E-state index in [0.717, 1.165) is 5.56 Å². The van der Waals surface area contributed by atoms with Gasteiger partial charge in [0.15, 0.2) is 5.52 Å². The van der Waals surface area contributed by atoms with Gasteiger partial charge >= 0.3 is 5.69 Å². The Balaban J connectivity index is 1.49. The number of likely N-dealkylation sites (N-methyl/N-ethyl adjacent to an activating group) is 2. The molecule has 0 saturated carbocycles. The number of non-ortho nitro benzene ring substituents is 1. The maximum absolute atomic E-state index is 12.4. The van der Waals surface area contributed by atoms with Crippen LogP contribution in [0.2, 0.25) is 0 Å². The Labute approximate surface area is 186 Å². The van der Waals surface area contributed by atoms with Crippen molar-refractivity contribution < 1.29 is 14.3 Å². The summed E-state index contributed by atoms with van der Waals surface area (Å²) < 4.78 is 4.71. The summed E-state index contributed by atoms with van der Waals surface area (Å²) in [4.78, 5) is 26.6. The van der Waals surface area contributed by atoms with Crippen LogP contribution in [0, 0.1) is 10.1 Å². The number of benzene rings is 2. The molecule has 0 unspecified atom stereocenters. The minimum atomic E-state index is -0.519. The van der Waals surface area contributed by atoms with Gasteiger partial charge in [-0.05, 0) is 33.4 Å². The molecule has 0 saturated heterocycles. The second kappa shape index (κ2) is 10.2. The summed E-state index contributed by atoms with van der Waals surface area (Å²) in [7, 11) is 3.57. The molecule has 0 aliphatic rings. The predicted molar refractivity (Wildman–Crippen MR) is 122 cm³/mol. The van der Waals surface area contributed by atoms with E-state index in [9.17, 15) is 14.9 Å². The number of nitrogens with zero attached hydrogens (tertiary/aromatic N) is 5. The van der Waals surface area contributed by atoms with Crippen LogP contribution in [0.5, 0.6) is 0 Å². The van der Waals surface area contributed by atoms with E-state index in [0.29, 0.717) is 36.8 Å². The maximum atomic E-state index is 12.4. The third kappa shape index (κ3) is 5.38. The molecule has 1 amide bonds. The smallest absolute Gasteiger partial charge is 0.300 e. The topological polar surface area (TPSA) is 118 Å². The molecule has 1 N–H and O–H groups in total. The first kappa shape index (κ1) is 23.1. The van der Waals surface area contributed by atoms with E-state index in [4.69, 9.17) is 4.63 Å². The van der Waals surface area contributed by atoms with Crippen LogP contribution in [-0.4, -0.2) is 59.8 Å². The molecule has 0 spiro atoms. The Morgan fingerprint density at radius 2 is 1.78 bits per heavy atom. The zero-order valence-electron chi connectivity index (χ0n) is 18.7. The molecule has 0 aliphatic carbocycles. The zero-order chi connectivity index (χ0) is 23.3. The summed E-state index contributed by atoms with van der Waals surface area (Å²) in [5, 5.41) is 21.8. The van der Waals surface area contributed by atoms with Crippen LogP contribution in [-0.2, 0) is 11.3 Å². The maximum Gasteiger partial charge on any atom is 0.300 e. The molecule has 1 aromatic heterocycles. The Hall–Kier alpha value is -3.53. The van der Waals surface area contributed by atoms with Gasteiger partial charge in [-0.15, -0.1) is 0 Å². The van der Waals surface area contributed by atoms with Crippen molar-refractivity contribution in [3.8, 4) is 0 Å². The van der Waals surface area contributed by atoms with Crippen LogP contribution in [0.25, 0.3) is 11.0 Å². The van der Waals surface area contributed by atoms with E-state index in [1.54, 1.807) is 18.0 Å².